The highest BCUT2D eigenvalue weighted by Crippen LogP contribution is 2.39. The van der Waals surface area contributed by atoms with Crippen molar-refractivity contribution < 1.29 is 9.90 Å². The molecule has 1 aromatic carbocycles. The zero-order chi connectivity index (χ0) is 12.5. The third kappa shape index (κ3) is 1.98. The molecule has 2 aliphatic rings. The maximum atomic E-state index is 11.0. The van der Waals surface area contributed by atoms with Crippen molar-refractivity contribution in [1.29, 1.82) is 0 Å². The molecule has 3 nitrogen and oxygen atoms in total. The fraction of sp³-hybridized carbons (Fsp3) is 0.533. The average molecular weight is 245 g/mol. The number of aromatic carboxylic acids is 1. The highest BCUT2D eigenvalue weighted by molar-refractivity contribution is 5.88. The summed E-state index contributed by atoms with van der Waals surface area (Å²) >= 11 is 0. The van der Waals surface area contributed by atoms with E-state index in [-0.39, 0.29) is 0 Å². The van der Waals surface area contributed by atoms with Crippen LogP contribution >= 0.6 is 0 Å². The maximum absolute atomic E-state index is 11.0. The predicted octanol–water partition coefficient (Wildman–Crippen LogP) is 3.15. The minimum Gasteiger partial charge on any atom is -0.478 e. The van der Waals surface area contributed by atoms with Gasteiger partial charge in [0.15, 0.2) is 0 Å². The van der Waals surface area contributed by atoms with Crippen LogP contribution in [0.3, 0.4) is 0 Å². The third-order valence-electron chi connectivity index (χ3n) is 4.42. The van der Waals surface area contributed by atoms with Gasteiger partial charge in [0.1, 0.15) is 0 Å². The molecule has 1 aliphatic carbocycles. The van der Waals surface area contributed by atoms with Crippen molar-refractivity contribution in [3.63, 3.8) is 0 Å². The minimum atomic E-state index is -0.836. The Bertz CT molecular complexity index is 458. The first kappa shape index (κ1) is 11.6. The van der Waals surface area contributed by atoms with E-state index >= 15 is 0 Å². The van der Waals surface area contributed by atoms with Crippen LogP contribution in [0.15, 0.2) is 24.3 Å². The van der Waals surface area contributed by atoms with Gasteiger partial charge >= 0.3 is 5.97 Å². The number of benzene rings is 1. The molecule has 2 atom stereocenters. The van der Waals surface area contributed by atoms with Gasteiger partial charge in [-0.05, 0) is 49.8 Å². The summed E-state index contributed by atoms with van der Waals surface area (Å²) < 4.78 is 0. The van der Waals surface area contributed by atoms with E-state index in [4.69, 9.17) is 5.11 Å². The highest BCUT2D eigenvalue weighted by Gasteiger charge is 2.35. The zero-order valence-electron chi connectivity index (χ0n) is 10.5. The molecule has 1 N–H and O–H groups in total. The Kier molecular flexibility index (Phi) is 2.98. The Hall–Kier alpha value is -1.51. The molecule has 1 aromatic rings. The van der Waals surface area contributed by atoms with Gasteiger partial charge in [-0.2, -0.15) is 0 Å². The molecule has 0 radical (unpaired) electrons. The number of carboxylic acids is 1. The van der Waals surface area contributed by atoms with Crippen molar-refractivity contribution in [3.05, 3.63) is 29.8 Å². The van der Waals surface area contributed by atoms with Crippen LogP contribution in [-0.2, 0) is 0 Å². The molecule has 96 valence electrons. The van der Waals surface area contributed by atoms with Crippen LogP contribution in [0.2, 0.25) is 0 Å². The molecule has 1 saturated carbocycles. The monoisotopic (exact) mass is 245 g/mol. The second-order valence-corrected chi connectivity index (χ2v) is 5.45. The van der Waals surface area contributed by atoms with Crippen LogP contribution in [0.4, 0.5) is 5.69 Å². The molecule has 3 rings (SSSR count). The highest BCUT2D eigenvalue weighted by atomic mass is 16.4. The molecular weight excluding hydrogens is 226 g/mol. The topological polar surface area (TPSA) is 40.5 Å². The number of rotatable bonds is 2. The first-order chi connectivity index (χ1) is 8.75. The minimum absolute atomic E-state index is 0.396. The smallest absolute Gasteiger partial charge is 0.335 e. The summed E-state index contributed by atoms with van der Waals surface area (Å²) in [4.78, 5) is 13.5. The molecule has 3 heteroatoms. The van der Waals surface area contributed by atoms with Gasteiger partial charge in [0.2, 0.25) is 0 Å². The van der Waals surface area contributed by atoms with Gasteiger partial charge in [-0.15, -0.1) is 0 Å². The Morgan fingerprint density at radius 2 is 2.06 bits per heavy atom. The molecule has 0 spiro atoms. The van der Waals surface area contributed by atoms with Crippen LogP contribution in [-0.4, -0.2) is 23.7 Å². The van der Waals surface area contributed by atoms with E-state index in [1.54, 1.807) is 6.07 Å². The number of carboxylic acid groups (broad SMARTS) is 1. The van der Waals surface area contributed by atoms with E-state index in [1.165, 1.54) is 32.1 Å². The normalized spacial score (nSPS) is 27.0. The number of hydrogen-bond acceptors (Lipinski definition) is 2. The quantitative estimate of drug-likeness (QED) is 0.870. The molecule has 1 heterocycles. The molecule has 0 bridgehead atoms. The van der Waals surface area contributed by atoms with Gasteiger partial charge in [0, 0.05) is 18.3 Å². The molecule has 2 fully saturated rings. The second kappa shape index (κ2) is 4.63. The van der Waals surface area contributed by atoms with Crippen LogP contribution in [0.1, 0.15) is 42.5 Å². The number of fused-ring (bicyclic) bond motifs is 1. The van der Waals surface area contributed by atoms with Gasteiger partial charge in [-0.3, -0.25) is 0 Å². The molecule has 2 unspecified atom stereocenters. The van der Waals surface area contributed by atoms with Crippen LogP contribution in [0.25, 0.3) is 0 Å². The summed E-state index contributed by atoms with van der Waals surface area (Å²) in [7, 11) is 0. The van der Waals surface area contributed by atoms with E-state index in [0.29, 0.717) is 11.6 Å². The van der Waals surface area contributed by atoms with E-state index in [0.717, 1.165) is 18.2 Å². The number of nitrogens with zero attached hydrogens (tertiary/aromatic N) is 1. The SMILES string of the molecule is O=C(O)c1cccc(N2CCCC3CCCC32)c1. The van der Waals surface area contributed by atoms with Crippen molar-refractivity contribution in [1.82, 2.24) is 0 Å². The van der Waals surface area contributed by atoms with E-state index in [9.17, 15) is 4.79 Å². The molecule has 18 heavy (non-hydrogen) atoms. The lowest BCUT2D eigenvalue weighted by Crippen LogP contribution is -2.42. The van der Waals surface area contributed by atoms with Crippen molar-refractivity contribution >= 4 is 11.7 Å². The third-order valence-corrected chi connectivity index (χ3v) is 4.42. The van der Waals surface area contributed by atoms with Crippen molar-refractivity contribution in [3.8, 4) is 0 Å². The average Bonchev–Trinajstić information content (AvgIpc) is 2.87. The molecule has 1 saturated heterocycles. The van der Waals surface area contributed by atoms with Gasteiger partial charge in [-0.25, -0.2) is 4.79 Å². The molecule has 0 amide bonds. The Balaban J connectivity index is 1.89. The lowest BCUT2D eigenvalue weighted by atomic mass is 9.91. The zero-order valence-corrected chi connectivity index (χ0v) is 10.5. The largest absolute Gasteiger partial charge is 0.478 e. The number of carbonyl (C=O) groups is 1. The number of anilines is 1. The predicted molar refractivity (Wildman–Crippen MR) is 71.1 cm³/mol. The lowest BCUT2D eigenvalue weighted by Gasteiger charge is -2.39. The van der Waals surface area contributed by atoms with Gasteiger partial charge in [0.05, 0.1) is 5.56 Å². The summed E-state index contributed by atoms with van der Waals surface area (Å²) in [5, 5.41) is 9.08. The van der Waals surface area contributed by atoms with Crippen molar-refractivity contribution in [2.24, 2.45) is 5.92 Å². The Labute approximate surface area is 107 Å². The summed E-state index contributed by atoms with van der Waals surface area (Å²) in [5.41, 5.74) is 1.49. The van der Waals surface area contributed by atoms with Gasteiger partial charge < -0.3 is 10.0 Å². The van der Waals surface area contributed by atoms with Crippen LogP contribution in [0.5, 0.6) is 0 Å². The van der Waals surface area contributed by atoms with E-state index in [1.807, 2.05) is 18.2 Å². The lowest BCUT2D eigenvalue weighted by molar-refractivity contribution is 0.0697. The number of piperidine rings is 1. The summed E-state index contributed by atoms with van der Waals surface area (Å²) in [6.07, 6.45) is 6.52. The fourth-order valence-corrected chi connectivity index (χ4v) is 3.59. The maximum Gasteiger partial charge on any atom is 0.335 e. The van der Waals surface area contributed by atoms with Gasteiger partial charge in [-0.1, -0.05) is 12.5 Å². The Morgan fingerprint density at radius 3 is 2.89 bits per heavy atom. The summed E-state index contributed by atoms with van der Waals surface area (Å²) in [6.45, 7) is 1.07. The molecular formula is C15H19NO2. The first-order valence-electron chi connectivity index (χ1n) is 6.86. The van der Waals surface area contributed by atoms with Crippen molar-refractivity contribution in [2.45, 2.75) is 38.1 Å². The van der Waals surface area contributed by atoms with E-state index in [2.05, 4.69) is 4.90 Å². The fourth-order valence-electron chi connectivity index (χ4n) is 3.59. The Morgan fingerprint density at radius 1 is 1.22 bits per heavy atom. The first-order valence-corrected chi connectivity index (χ1v) is 6.86. The van der Waals surface area contributed by atoms with Gasteiger partial charge in [0.25, 0.3) is 0 Å². The van der Waals surface area contributed by atoms with Crippen LogP contribution in [0, 0.1) is 5.92 Å². The number of hydrogen-bond donors (Lipinski definition) is 1. The second-order valence-electron chi connectivity index (χ2n) is 5.45. The summed E-state index contributed by atoms with van der Waals surface area (Å²) in [5.74, 6) is -0.0101. The summed E-state index contributed by atoms with van der Waals surface area (Å²) in [6, 6.07) is 8.04. The van der Waals surface area contributed by atoms with Crippen LogP contribution < -0.4 is 4.90 Å². The van der Waals surface area contributed by atoms with Crippen molar-refractivity contribution in [2.75, 3.05) is 11.4 Å². The van der Waals surface area contributed by atoms with E-state index < -0.39 is 5.97 Å². The molecule has 0 aromatic heterocycles. The molecule has 1 aliphatic heterocycles. The standard InChI is InChI=1S/C15H19NO2/c17-15(18)12-5-1-7-13(10-12)16-9-3-6-11-4-2-8-14(11)16/h1,5,7,10-11,14H,2-4,6,8-9H2,(H,17,18).